The molecule has 0 radical (unpaired) electrons. The largest absolute Gasteiger partial charge is 0.414 e. The van der Waals surface area contributed by atoms with Crippen LogP contribution in [0, 0.1) is 5.92 Å². The maximum Gasteiger partial charge on any atom is 0.304 e. The summed E-state index contributed by atoms with van der Waals surface area (Å²) in [6.45, 7) is 36.4. The summed E-state index contributed by atoms with van der Waals surface area (Å²) in [7, 11) is -7.95. The number of aliphatic hydroxyl groups is 1. The molecule has 16 heteroatoms. The lowest BCUT2D eigenvalue weighted by atomic mass is 9.57. The van der Waals surface area contributed by atoms with Crippen molar-refractivity contribution < 1.29 is 42.1 Å². The lowest BCUT2D eigenvalue weighted by molar-refractivity contribution is -0.522. The molecule has 5 aliphatic rings. The summed E-state index contributed by atoms with van der Waals surface area (Å²) in [6.07, 6.45) is -5.22. The molecule has 6 unspecified atom stereocenters. The van der Waals surface area contributed by atoms with Gasteiger partial charge < -0.3 is 42.6 Å². The molecule has 0 spiro atoms. The molecule has 4 aliphatic heterocycles. The molecule has 4 heterocycles. The van der Waals surface area contributed by atoms with Gasteiger partial charge in [0.05, 0.1) is 12.5 Å². The fourth-order valence-electron chi connectivity index (χ4n) is 8.50. The molecule has 1 amide bonds. The molecule has 5 fully saturated rings. The highest BCUT2D eigenvalue weighted by Gasteiger charge is 2.88. The lowest BCUT2D eigenvalue weighted by Crippen LogP contribution is -2.94. The van der Waals surface area contributed by atoms with Gasteiger partial charge in [-0.25, -0.2) is 0 Å². The number of nitrogens with one attached hydrogen (secondary N) is 1. The van der Waals surface area contributed by atoms with Gasteiger partial charge in [-0.1, -0.05) is 118 Å². The quantitative estimate of drug-likeness (QED) is 0.140. The van der Waals surface area contributed by atoms with Crippen molar-refractivity contribution in [2.45, 2.75) is 195 Å². The molecule has 298 valence electrons. The van der Waals surface area contributed by atoms with E-state index in [1.165, 1.54) is 0 Å². The van der Waals surface area contributed by atoms with E-state index in [-0.39, 0.29) is 39.9 Å². The molecule has 9 atom stereocenters. The predicted molar refractivity (Wildman–Crippen MR) is 210 cm³/mol. The molecule has 0 aromatic rings. The van der Waals surface area contributed by atoms with Crippen molar-refractivity contribution in [2.24, 2.45) is 5.92 Å². The summed E-state index contributed by atoms with van der Waals surface area (Å²) in [5.41, 5.74) is -2.85. The second kappa shape index (κ2) is 13.9. The minimum atomic E-state index is -2.82. The van der Waals surface area contributed by atoms with Gasteiger partial charge in [-0.2, -0.15) is 0 Å². The van der Waals surface area contributed by atoms with E-state index in [9.17, 15) is 9.90 Å². The van der Waals surface area contributed by atoms with E-state index in [0.29, 0.717) is 0 Å². The molecule has 51 heavy (non-hydrogen) atoms. The zero-order chi connectivity index (χ0) is 39.3. The first-order chi connectivity index (χ1) is 22.8. The standard InChI is InChI=1S/C35H66Cl3NO9Si3/c1-18-42-27-23-24-32(41,19-43-49(14,15)30(8,9)10)25-26(47-50(16,17)31(11,12)13)33(23,39-29(40)34(36,37)38)28(44-27)35(45-24,46-25)48-51(20(2)3,21(4)5)22(6)7/h20-28,41H,18-19H2,1-17H3,(H,39,40)/t23?,24?,25?,26?,27?,28-,32-,33+,35?/m0/s1. The number of ether oxygens (including phenoxy) is 4. The summed E-state index contributed by atoms with van der Waals surface area (Å²) in [6, 6.07) is 0. The second-order valence-corrected chi connectivity index (χ2v) is 36.4. The van der Waals surface area contributed by atoms with Crippen molar-refractivity contribution in [2.75, 3.05) is 13.2 Å². The summed E-state index contributed by atoms with van der Waals surface area (Å²) in [5.74, 6) is -3.54. The van der Waals surface area contributed by atoms with Crippen LogP contribution in [0.2, 0.25) is 52.9 Å². The van der Waals surface area contributed by atoms with Gasteiger partial charge in [-0.15, -0.1) is 0 Å². The monoisotopic (exact) mass is 833 g/mol. The minimum absolute atomic E-state index is 0.109. The highest BCUT2D eigenvalue weighted by Crippen LogP contribution is 2.67. The predicted octanol–water partition coefficient (Wildman–Crippen LogP) is 8.39. The maximum atomic E-state index is 14.0. The Bertz CT molecular complexity index is 1280. The first-order valence-corrected chi connectivity index (χ1v) is 27.7. The van der Waals surface area contributed by atoms with E-state index in [0.717, 1.165) is 0 Å². The molecule has 1 saturated carbocycles. The van der Waals surface area contributed by atoms with Crippen molar-refractivity contribution in [3.8, 4) is 0 Å². The Morgan fingerprint density at radius 3 is 1.78 bits per heavy atom. The van der Waals surface area contributed by atoms with E-state index in [2.05, 4.69) is 115 Å². The van der Waals surface area contributed by atoms with Crippen LogP contribution in [0.15, 0.2) is 0 Å². The average molecular weight is 836 g/mol. The Morgan fingerprint density at radius 1 is 0.863 bits per heavy atom. The highest BCUT2D eigenvalue weighted by atomic mass is 35.6. The fourth-order valence-corrected chi connectivity index (χ4v) is 16.4. The first-order valence-electron chi connectivity index (χ1n) is 18.6. The van der Waals surface area contributed by atoms with Crippen LogP contribution in [0.5, 0.6) is 0 Å². The Hall–Kier alpha value is 0.671. The number of amides is 1. The third-order valence-electron chi connectivity index (χ3n) is 13.2. The molecule has 4 saturated heterocycles. The zero-order valence-electron chi connectivity index (χ0n) is 34.0. The summed E-state index contributed by atoms with van der Waals surface area (Å²) in [5, 5.41) is 16.0. The van der Waals surface area contributed by atoms with Crippen LogP contribution in [0.4, 0.5) is 0 Å². The maximum absolute atomic E-state index is 14.0. The zero-order valence-corrected chi connectivity index (χ0v) is 39.2. The third-order valence-corrected chi connectivity index (χ3v) is 28.7. The molecule has 1 aliphatic carbocycles. The van der Waals surface area contributed by atoms with Crippen LogP contribution in [0.25, 0.3) is 0 Å². The molecule has 5 rings (SSSR count). The summed E-state index contributed by atoms with van der Waals surface area (Å²) >= 11 is 19.0. The van der Waals surface area contributed by atoms with Crippen LogP contribution >= 0.6 is 34.8 Å². The van der Waals surface area contributed by atoms with Crippen LogP contribution in [-0.4, -0.2) is 101 Å². The molecule has 0 aromatic heterocycles. The van der Waals surface area contributed by atoms with E-state index < -0.39 is 88.4 Å². The molecular weight excluding hydrogens is 769 g/mol. The van der Waals surface area contributed by atoms with Gasteiger partial charge >= 0.3 is 5.97 Å². The van der Waals surface area contributed by atoms with Gasteiger partial charge in [0.2, 0.25) is 8.32 Å². The smallest absolute Gasteiger partial charge is 0.304 e. The average Bonchev–Trinajstić information content (AvgIpc) is 3.20. The van der Waals surface area contributed by atoms with Gasteiger partial charge in [0.15, 0.2) is 29.0 Å². The Balaban J connectivity index is 2.08. The van der Waals surface area contributed by atoms with Crippen LogP contribution < -0.4 is 5.32 Å². The molecule has 10 nitrogen and oxygen atoms in total. The van der Waals surface area contributed by atoms with E-state index in [1.54, 1.807) is 0 Å². The van der Waals surface area contributed by atoms with Crippen molar-refractivity contribution in [1.82, 2.24) is 5.32 Å². The Morgan fingerprint density at radius 2 is 1.35 bits per heavy atom. The van der Waals surface area contributed by atoms with Crippen molar-refractivity contribution >= 4 is 65.7 Å². The van der Waals surface area contributed by atoms with Gasteiger partial charge in [-0.3, -0.25) is 4.79 Å². The Kier molecular flexibility index (Phi) is 12.1. The Labute approximate surface area is 325 Å². The number of rotatable bonds is 13. The number of hydrogen-bond donors (Lipinski definition) is 2. The van der Waals surface area contributed by atoms with Crippen molar-refractivity contribution in [3.05, 3.63) is 0 Å². The van der Waals surface area contributed by atoms with Gasteiger partial charge in [0.1, 0.15) is 29.5 Å². The number of carbonyl (C=O) groups excluding carboxylic acids is 1. The fraction of sp³-hybridized carbons (Fsp3) is 0.971. The van der Waals surface area contributed by atoms with Crippen LogP contribution in [0.1, 0.15) is 90.0 Å². The van der Waals surface area contributed by atoms with Crippen molar-refractivity contribution in [3.63, 3.8) is 0 Å². The van der Waals surface area contributed by atoms with Gasteiger partial charge in [0.25, 0.3) is 9.70 Å². The highest BCUT2D eigenvalue weighted by molar-refractivity contribution is 6.78. The topological polar surface area (TPSA) is 114 Å². The SMILES string of the molecule is CCOC1O[C@@H]2C3(O[Si](C(C)C)(C(C)C)C(C)C)OC4C(O[Si](C)(C)C(C)(C)C)[C@]2(NC(=O)C(Cl)(Cl)Cl)C1C(O3)[C@@]4(O)CO[Si](C)(C)C(C)(C)C. The third kappa shape index (κ3) is 7.03. The van der Waals surface area contributed by atoms with Crippen molar-refractivity contribution in [1.29, 1.82) is 0 Å². The van der Waals surface area contributed by atoms with E-state index >= 15 is 0 Å². The summed E-state index contributed by atoms with van der Waals surface area (Å²) in [4.78, 5) is 14.0. The number of hydrogen-bond acceptors (Lipinski definition) is 9. The van der Waals surface area contributed by atoms with Gasteiger partial charge in [-0.05, 0) is 59.8 Å². The number of alkyl halides is 3. The van der Waals surface area contributed by atoms with Crippen LogP contribution in [0.3, 0.4) is 0 Å². The second-order valence-electron chi connectivity index (χ2n) is 19.2. The lowest BCUT2D eigenvalue weighted by Gasteiger charge is -2.71. The van der Waals surface area contributed by atoms with Crippen LogP contribution in [-0.2, 0) is 37.0 Å². The molecule has 6 bridgehead atoms. The number of carbonyl (C=O) groups is 1. The van der Waals surface area contributed by atoms with Gasteiger partial charge in [0, 0.05) is 6.61 Å². The van der Waals surface area contributed by atoms with E-state index in [1.807, 2.05) is 6.92 Å². The number of halogens is 3. The molecule has 2 N–H and O–H groups in total. The molecule has 0 aromatic carbocycles. The minimum Gasteiger partial charge on any atom is -0.414 e. The van der Waals surface area contributed by atoms with E-state index in [4.69, 9.17) is 67.0 Å². The first kappa shape index (κ1) is 44.4. The molecular formula is C35H66Cl3NO9Si3. The summed E-state index contributed by atoms with van der Waals surface area (Å²) < 4.78 is 46.7. The normalized spacial score (nSPS) is 35.8.